The molecule has 0 saturated carbocycles. The molecule has 1 aliphatic heterocycles. The summed E-state index contributed by atoms with van der Waals surface area (Å²) in [5, 5.41) is 3.00. The van der Waals surface area contributed by atoms with Gasteiger partial charge in [0.1, 0.15) is 23.8 Å². The molecule has 0 spiro atoms. The van der Waals surface area contributed by atoms with E-state index in [4.69, 9.17) is 0 Å². The first-order chi connectivity index (χ1) is 10.2. The highest BCUT2D eigenvalue weighted by Gasteiger charge is 2.15. The van der Waals surface area contributed by atoms with E-state index in [2.05, 4.69) is 32.1 Å². The minimum Gasteiger partial charge on any atom is -0.354 e. The predicted octanol–water partition coefficient (Wildman–Crippen LogP) is 2.11. The monoisotopic (exact) mass is 287 g/mol. The van der Waals surface area contributed by atoms with Crippen LogP contribution in [0, 0.1) is 5.82 Å². The summed E-state index contributed by atoms with van der Waals surface area (Å²) in [5.74, 6) is 1.18. The molecule has 1 aromatic carbocycles. The summed E-state index contributed by atoms with van der Waals surface area (Å²) in [6, 6.07) is 8.42. The van der Waals surface area contributed by atoms with Crippen molar-refractivity contribution < 1.29 is 4.39 Å². The molecule has 110 valence electrons. The second-order valence-electron chi connectivity index (χ2n) is 5.16. The minimum absolute atomic E-state index is 0.294. The van der Waals surface area contributed by atoms with Crippen LogP contribution in [0.15, 0.2) is 36.7 Å². The number of rotatable bonds is 3. The molecule has 0 aliphatic carbocycles. The van der Waals surface area contributed by atoms with Crippen molar-refractivity contribution >= 4 is 17.3 Å². The van der Waals surface area contributed by atoms with Gasteiger partial charge >= 0.3 is 0 Å². The van der Waals surface area contributed by atoms with Gasteiger partial charge in [-0.05, 0) is 19.2 Å². The van der Waals surface area contributed by atoms with Gasteiger partial charge in [0.15, 0.2) is 0 Å². The van der Waals surface area contributed by atoms with Crippen molar-refractivity contribution in [3.8, 4) is 0 Å². The third-order valence-corrected chi connectivity index (χ3v) is 3.62. The highest BCUT2D eigenvalue weighted by Crippen LogP contribution is 2.21. The maximum atomic E-state index is 13.7. The van der Waals surface area contributed by atoms with Crippen molar-refractivity contribution in [3.05, 3.63) is 42.5 Å². The van der Waals surface area contributed by atoms with Gasteiger partial charge in [-0.1, -0.05) is 12.1 Å². The van der Waals surface area contributed by atoms with Crippen LogP contribution in [0.3, 0.4) is 0 Å². The van der Waals surface area contributed by atoms with E-state index in [0.717, 1.165) is 32.0 Å². The van der Waals surface area contributed by atoms with E-state index >= 15 is 0 Å². The first kappa shape index (κ1) is 13.8. The Kier molecular flexibility index (Phi) is 3.96. The molecule has 5 nitrogen and oxygen atoms in total. The van der Waals surface area contributed by atoms with E-state index in [0.29, 0.717) is 11.5 Å². The Balaban J connectivity index is 1.76. The molecule has 3 rings (SSSR count). The van der Waals surface area contributed by atoms with Gasteiger partial charge in [0, 0.05) is 32.2 Å². The lowest BCUT2D eigenvalue weighted by atomic mass is 10.3. The molecule has 2 heterocycles. The second kappa shape index (κ2) is 6.05. The lowest BCUT2D eigenvalue weighted by molar-refractivity contribution is 0.312. The van der Waals surface area contributed by atoms with Crippen LogP contribution >= 0.6 is 0 Å². The first-order valence-corrected chi connectivity index (χ1v) is 6.99. The van der Waals surface area contributed by atoms with E-state index in [9.17, 15) is 4.39 Å². The SMILES string of the molecule is CN1CCN(c2cc(Nc3ccccc3F)ncn2)CC1. The topological polar surface area (TPSA) is 44.3 Å². The molecule has 0 atom stereocenters. The lowest BCUT2D eigenvalue weighted by Gasteiger charge is -2.33. The molecule has 6 heteroatoms. The zero-order valence-electron chi connectivity index (χ0n) is 12.0. The maximum Gasteiger partial charge on any atom is 0.146 e. The van der Waals surface area contributed by atoms with Crippen molar-refractivity contribution in [2.75, 3.05) is 43.4 Å². The number of benzene rings is 1. The lowest BCUT2D eigenvalue weighted by Crippen LogP contribution is -2.44. The Bertz CT molecular complexity index is 611. The molecule has 0 radical (unpaired) electrons. The van der Waals surface area contributed by atoms with Crippen LogP contribution in [-0.4, -0.2) is 48.1 Å². The normalized spacial score (nSPS) is 16.0. The van der Waals surface area contributed by atoms with E-state index in [1.807, 2.05) is 6.07 Å². The summed E-state index contributed by atoms with van der Waals surface area (Å²) in [7, 11) is 2.11. The first-order valence-electron chi connectivity index (χ1n) is 6.99. The van der Waals surface area contributed by atoms with Crippen molar-refractivity contribution in [1.82, 2.24) is 14.9 Å². The summed E-state index contributed by atoms with van der Waals surface area (Å²) < 4.78 is 13.7. The number of nitrogens with zero attached hydrogens (tertiary/aromatic N) is 4. The van der Waals surface area contributed by atoms with Gasteiger partial charge in [0.25, 0.3) is 0 Å². The Morgan fingerprint density at radius 3 is 2.62 bits per heavy atom. The number of hydrogen-bond donors (Lipinski definition) is 1. The fourth-order valence-corrected chi connectivity index (χ4v) is 2.32. The average Bonchev–Trinajstić information content (AvgIpc) is 2.51. The van der Waals surface area contributed by atoms with Gasteiger partial charge in [0.05, 0.1) is 5.69 Å². The summed E-state index contributed by atoms with van der Waals surface area (Å²) in [6.07, 6.45) is 1.51. The minimum atomic E-state index is -0.294. The smallest absolute Gasteiger partial charge is 0.146 e. The summed E-state index contributed by atoms with van der Waals surface area (Å²) in [4.78, 5) is 13.0. The Morgan fingerprint density at radius 2 is 1.86 bits per heavy atom. The molecule has 0 unspecified atom stereocenters. The summed E-state index contributed by atoms with van der Waals surface area (Å²) in [5.41, 5.74) is 0.417. The van der Waals surface area contributed by atoms with E-state index in [-0.39, 0.29) is 5.82 Å². The highest BCUT2D eigenvalue weighted by molar-refractivity contribution is 5.59. The largest absolute Gasteiger partial charge is 0.354 e. The Morgan fingerprint density at radius 1 is 1.10 bits per heavy atom. The van der Waals surface area contributed by atoms with Crippen molar-refractivity contribution in [2.45, 2.75) is 0 Å². The van der Waals surface area contributed by atoms with E-state index in [1.54, 1.807) is 18.2 Å². The Labute approximate surface area is 123 Å². The van der Waals surface area contributed by atoms with Crippen LogP contribution < -0.4 is 10.2 Å². The quantitative estimate of drug-likeness (QED) is 0.936. The van der Waals surface area contributed by atoms with Crippen LogP contribution in [0.25, 0.3) is 0 Å². The number of likely N-dealkylation sites (N-methyl/N-ethyl adjacent to an activating group) is 1. The average molecular weight is 287 g/mol. The summed E-state index contributed by atoms with van der Waals surface area (Å²) in [6.45, 7) is 3.90. The van der Waals surface area contributed by atoms with Crippen molar-refractivity contribution in [2.24, 2.45) is 0 Å². The van der Waals surface area contributed by atoms with Gasteiger partial charge < -0.3 is 15.1 Å². The maximum absolute atomic E-state index is 13.7. The number of aromatic nitrogens is 2. The molecular formula is C15H18FN5. The molecule has 1 aromatic heterocycles. The Hall–Kier alpha value is -2.21. The molecule has 1 N–H and O–H groups in total. The highest BCUT2D eigenvalue weighted by atomic mass is 19.1. The fourth-order valence-electron chi connectivity index (χ4n) is 2.32. The number of nitrogens with one attached hydrogen (secondary N) is 1. The molecule has 1 fully saturated rings. The third-order valence-electron chi connectivity index (χ3n) is 3.62. The van der Waals surface area contributed by atoms with Gasteiger partial charge in [0.2, 0.25) is 0 Å². The number of para-hydroxylation sites is 1. The molecule has 0 bridgehead atoms. The number of piperazine rings is 1. The van der Waals surface area contributed by atoms with Gasteiger partial charge in [-0.25, -0.2) is 14.4 Å². The van der Waals surface area contributed by atoms with Crippen molar-refractivity contribution in [3.63, 3.8) is 0 Å². The van der Waals surface area contributed by atoms with Gasteiger partial charge in [-0.3, -0.25) is 0 Å². The second-order valence-corrected chi connectivity index (χ2v) is 5.16. The number of anilines is 3. The zero-order chi connectivity index (χ0) is 14.7. The number of hydrogen-bond acceptors (Lipinski definition) is 5. The molecule has 0 amide bonds. The standard InChI is InChI=1S/C15H18FN5/c1-20-6-8-21(9-7-20)15-10-14(17-11-18-15)19-13-5-3-2-4-12(13)16/h2-5,10-11H,6-9H2,1H3,(H,17,18,19). The van der Waals surface area contributed by atoms with Gasteiger partial charge in [-0.15, -0.1) is 0 Å². The summed E-state index contributed by atoms with van der Waals surface area (Å²) >= 11 is 0. The van der Waals surface area contributed by atoms with Crippen LogP contribution in [-0.2, 0) is 0 Å². The molecule has 1 aliphatic rings. The van der Waals surface area contributed by atoms with Crippen LogP contribution in [0.5, 0.6) is 0 Å². The molecular weight excluding hydrogens is 269 g/mol. The predicted molar refractivity (Wildman–Crippen MR) is 81.4 cm³/mol. The van der Waals surface area contributed by atoms with Crippen LogP contribution in [0.4, 0.5) is 21.7 Å². The number of halogens is 1. The van der Waals surface area contributed by atoms with E-state index < -0.39 is 0 Å². The molecule has 1 saturated heterocycles. The van der Waals surface area contributed by atoms with Crippen LogP contribution in [0.1, 0.15) is 0 Å². The van der Waals surface area contributed by atoms with Gasteiger partial charge in [-0.2, -0.15) is 0 Å². The molecule has 2 aromatic rings. The van der Waals surface area contributed by atoms with E-state index in [1.165, 1.54) is 12.4 Å². The fraction of sp³-hybridized carbons (Fsp3) is 0.333. The van der Waals surface area contributed by atoms with Crippen LogP contribution in [0.2, 0.25) is 0 Å². The third kappa shape index (κ3) is 3.28. The van der Waals surface area contributed by atoms with Crippen molar-refractivity contribution in [1.29, 1.82) is 0 Å². The zero-order valence-corrected chi connectivity index (χ0v) is 12.0. The molecule has 21 heavy (non-hydrogen) atoms.